The Bertz CT molecular complexity index is 399. The lowest BCUT2D eigenvalue weighted by Gasteiger charge is -1.99. The van der Waals surface area contributed by atoms with Gasteiger partial charge in [0.05, 0.1) is 17.6 Å². The Morgan fingerprint density at radius 3 is 2.33 bits per heavy atom. The molecule has 1 aromatic heterocycles. The number of aryl methyl sites for hydroxylation is 2. The summed E-state index contributed by atoms with van der Waals surface area (Å²) in [5.41, 5.74) is 1.27. The summed E-state index contributed by atoms with van der Waals surface area (Å²) in [6, 6.07) is 0. The maximum absolute atomic E-state index is 10.8. The molecule has 5 nitrogen and oxygen atoms in total. The van der Waals surface area contributed by atoms with Gasteiger partial charge >= 0.3 is 0 Å². The maximum atomic E-state index is 10.8. The molecule has 6 heteroatoms. The lowest BCUT2D eigenvalue weighted by molar-refractivity contribution is 0.592. The minimum atomic E-state index is -3.72. The van der Waals surface area contributed by atoms with Crippen molar-refractivity contribution in [2.75, 3.05) is 0 Å². The largest absolute Gasteiger partial charge is 0.257 e. The topological polar surface area (TPSA) is 85.9 Å². The number of rotatable bonds is 1. The molecule has 0 radical (unpaired) electrons. The summed E-state index contributed by atoms with van der Waals surface area (Å²) in [5.74, 6) is 0. The number of nitrogens with zero attached hydrogens (tertiary/aromatic N) is 2. The van der Waals surface area contributed by atoms with Gasteiger partial charge in [-0.2, -0.15) is 0 Å². The van der Waals surface area contributed by atoms with E-state index in [-0.39, 0.29) is 5.03 Å². The van der Waals surface area contributed by atoms with Gasteiger partial charge in [-0.3, -0.25) is 4.98 Å². The van der Waals surface area contributed by atoms with Crippen LogP contribution >= 0.6 is 0 Å². The number of primary sulfonamides is 1. The molecule has 0 bridgehead atoms. The van der Waals surface area contributed by atoms with Crippen LogP contribution in [0.4, 0.5) is 0 Å². The van der Waals surface area contributed by atoms with Crippen molar-refractivity contribution in [3.63, 3.8) is 0 Å². The van der Waals surface area contributed by atoms with Crippen molar-refractivity contribution < 1.29 is 8.42 Å². The third-order valence-electron chi connectivity index (χ3n) is 1.46. The van der Waals surface area contributed by atoms with Crippen LogP contribution in [0.2, 0.25) is 0 Å². The lowest BCUT2D eigenvalue weighted by atomic mass is 10.4. The van der Waals surface area contributed by atoms with Crippen molar-refractivity contribution in [1.29, 1.82) is 0 Å². The molecule has 0 aliphatic heterocycles. The van der Waals surface area contributed by atoms with Crippen molar-refractivity contribution in [1.82, 2.24) is 9.97 Å². The van der Waals surface area contributed by atoms with Gasteiger partial charge in [0.2, 0.25) is 0 Å². The molecule has 0 aliphatic rings. The standard InChI is InChI=1S/C6H9N3O2S/c1-4-5(2)9-6(3-8-4)12(7,10)11/h3H,1-2H3,(H2,7,10,11). The summed E-state index contributed by atoms with van der Waals surface area (Å²) in [4.78, 5) is 7.59. The van der Waals surface area contributed by atoms with Crippen molar-refractivity contribution >= 4 is 10.0 Å². The summed E-state index contributed by atoms with van der Waals surface area (Å²) in [6.07, 6.45) is 1.15. The van der Waals surface area contributed by atoms with Crippen molar-refractivity contribution in [2.24, 2.45) is 5.14 Å². The lowest BCUT2D eigenvalue weighted by Crippen LogP contribution is -2.15. The summed E-state index contributed by atoms with van der Waals surface area (Å²) in [5, 5.41) is 4.66. The fourth-order valence-electron chi connectivity index (χ4n) is 0.658. The van der Waals surface area contributed by atoms with E-state index in [2.05, 4.69) is 9.97 Å². The molecule has 66 valence electrons. The van der Waals surface area contributed by atoms with E-state index in [0.717, 1.165) is 6.20 Å². The highest BCUT2D eigenvalue weighted by Gasteiger charge is 2.10. The van der Waals surface area contributed by atoms with Gasteiger partial charge in [0.25, 0.3) is 10.0 Å². The molecule has 1 rings (SSSR count). The Morgan fingerprint density at radius 1 is 1.33 bits per heavy atom. The highest BCUT2D eigenvalue weighted by Crippen LogP contribution is 2.04. The molecule has 0 unspecified atom stereocenters. The first kappa shape index (κ1) is 9.08. The second-order valence-electron chi connectivity index (χ2n) is 2.42. The van der Waals surface area contributed by atoms with Gasteiger partial charge in [0.1, 0.15) is 0 Å². The van der Waals surface area contributed by atoms with Crippen LogP contribution in [0.1, 0.15) is 11.4 Å². The molecule has 0 atom stereocenters. The van der Waals surface area contributed by atoms with E-state index in [1.165, 1.54) is 0 Å². The van der Waals surface area contributed by atoms with Crippen LogP contribution in [0.5, 0.6) is 0 Å². The Kier molecular flexibility index (Phi) is 2.12. The first-order valence-corrected chi connectivity index (χ1v) is 4.79. The first-order chi connectivity index (χ1) is 5.41. The van der Waals surface area contributed by atoms with E-state index >= 15 is 0 Å². The normalized spacial score (nSPS) is 11.6. The number of aromatic nitrogens is 2. The number of sulfonamides is 1. The summed E-state index contributed by atoms with van der Waals surface area (Å²) in [7, 11) is -3.72. The second-order valence-corrected chi connectivity index (χ2v) is 3.93. The van der Waals surface area contributed by atoms with Crippen molar-refractivity contribution in [2.45, 2.75) is 18.9 Å². The zero-order valence-corrected chi connectivity index (χ0v) is 7.59. The average molecular weight is 187 g/mol. The molecule has 1 aromatic rings. The average Bonchev–Trinajstić information content (AvgIpc) is 1.92. The van der Waals surface area contributed by atoms with Crippen LogP contribution < -0.4 is 5.14 Å². The minimum Gasteiger partial charge on any atom is -0.257 e. The molecular formula is C6H9N3O2S. The molecular weight excluding hydrogens is 178 g/mol. The number of nitrogens with two attached hydrogens (primary N) is 1. The fraction of sp³-hybridized carbons (Fsp3) is 0.333. The second kappa shape index (κ2) is 2.80. The summed E-state index contributed by atoms with van der Waals surface area (Å²) >= 11 is 0. The van der Waals surface area contributed by atoms with Crippen LogP contribution in [-0.4, -0.2) is 18.4 Å². The van der Waals surface area contributed by atoms with Crippen LogP contribution in [0, 0.1) is 13.8 Å². The van der Waals surface area contributed by atoms with E-state index in [1.54, 1.807) is 13.8 Å². The Labute approximate surface area is 70.7 Å². The van der Waals surface area contributed by atoms with E-state index < -0.39 is 10.0 Å². The fourth-order valence-corrected chi connectivity index (χ4v) is 1.12. The molecule has 0 spiro atoms. The SMILES string of the molecule is Cc1ncc(S(N)(=O)=O)nc1C. The van der Waals surface area contributed by atoms with E-state index in [1.807, 2.05) is 0 Å². The zero-order chi connectivity index (χ0) is 9.35. The number of hydrogen-bond acceptors (Lipinski definition) is 4. The van der Waals surface area contributed by atoms with Gasteiger partial charge in [-0.05, 0) is 13.8 Å². The summed E-state index contributed by atoms with van der Waals surface area (Å²) < 4.78 is 21.5. The monoisotopic (exact) mass is 187 g/mol. The molecule has 0 amide bonds. The molecule has 0 fully saturated rings. The molecule has 12 heavy (non-hydrogen) atoms. The Morgan fingerprint density at radius 2 is 1.92 bits per heavy atom. The summed E-state index contributed by atoms with van der Waals surface area (Å²) in [6.45, 7) is 3.42. The van der Waals surface area contributed by atoms with Crippen LogP contribution in [0.3, 0.4) is 0 Å². The van der Waals surface area contributed by atoms with Crippen LogP contribution in [-0.2, 0) is 10.0 Å². The molecule has 0 aliphatic carbocycles. The van der Waals surface area contributed by atoms with Crippen LogP contribution in [0.25, 0.3) is 0 Å². The molecule has 2 N–H and O–H groups in total. The third kappa shape index (κ3) is 1.77. The van der Waals surface area contributed by atoms with Gasteiger partial charge in [-0.25, -0.2) is 18.5 Å². The zero-order valence-electron chi connectivity index (χ0n) is 6.77. The third-order valence-corrected chi connectivity index (χ3v) is 2.24. The van der Waals surface area contributed by atoms with Crippen molar-refractivity contribution in [3.8, 4) is 0 Å². The highest BCUT2D eigenvalue weighted by atomic mass is 32.2. The van der Waals surface area contributed by atoms with Gasteiger partial charge in [-0.1, -0.05) is 0 Å². The predicted octanol–water partition coefficient (Wildman–Crippen LogP) is -0.259. The predicted molar refractivity (Wildman–Crippen MR) is 42.9 cm³/mol. The van der Waals surface area contributed by atoms with Gasteiger partial charge in [0.15, 0.2) is 5.03 Å². The van der Waals surface area contributed by atoms with Crippen LogP contribution in [0.15, 0.2) is 11.2 Å². The molecule has 0 aromatic carbocycles. The Hall–Kier alpha value is -1.01. The van der Waals surface area contributed by atoms with Gasteiger partial charge in [-0.15, -0.1) is 0 Å². The number of hydrogen-bond donors (Lipinski definition) is 1. The van der Waals surface area contributed by atoms with E-state index in [0.29, 0.717) is 11.4 Å². The minimum absolute atomic E-state index is 0.189. The van der Waals surface area contributed by atoms with E-state index in [9.17, 15) is 8.42 Å². The Balaban J connectivity index is 3.33. The molecule has 0 saturated carbocycles. The first-order valence-electron chi connectivity index (χ1n) is 3.24. The maximum Gasteiger partial charge on any atom is 0.257 e. The van der Waals surface area contributed by atoms with Gasteiger partial charge < -0.3 is 0 Å². The molecule has 1 heterocycles. The van der Waals surface area contributed by atoms with E-state index in [4.69, 9.17) is 5.14 Å². The molecule has 0 saturated heterocycles. The smallest absolute Gasteiger partial charge is 0.257 e. The highest BCUT2D eigenvalue weighted by molar-refractivity contribution is 7.89. The quantitative estimate of drug-likeness (QED) is 0.656. The van der Waals surface area contributed by atoms with Gasteiger partial charge in [0, 0.05) is 0 Å². The van der Waals surface area contributed by atoms with Crippen molar-refractivity contribution in [3.05, 3.63) is 17.6 Å².